The SMILES string of the molecule is CN1CCC[C@H]1COc1nc2c(c(N3CCCC(CC#N)C3)n1)CCN(c1c(C(F)(F)F)ccc3c1cnn3COCC[Si](C)(C)C)C2. The summed E-state index contributed by atoms with van der Waals surface area (Å²) < 4.78 is 57.5. The molecule has 14 heteroatoms. The zero-order valence-electron chi connectivity index (χ0n) is 28.5. The van der Waals surface area contributed by atoms with Crippen LogP contribution in [0, 0.1) is 17.2 Å². The Hall–Kier alpha value is -3.41. The van der Waals surface area contributed by atoms with Gasteiger partial charge in [-0.15, -0.1) is 0 Å². The second kappa shape index (κ2) is 14.2. The number of rotatable bonds is 11. The van der Waals surface area contributed by atoms with Gasteiger partial charge in [0.25, 0.3) is 0 Å². The van der Waals surface area contributed by atoms with Crippen LogP contribution < -0.4 is 14.5 Å². The second-order valence-corrected chi connectivity index (χ2v) is 20.3. The van der Waals surface area contributed by atoms with Crippen LogP contribution in [0.15, 0.2) is 18.3 Å². The summed E-state index contributed by atoms with van der Waals surface area (Å²) in [6.45, 7) is 11.1. The Morgan fingerprint density at radius 1 is 1.06 bits per heavy atom. The standard InChI is InChI=1S/C34H47F3N8O2Si/c1-42-14-6-8-25(42)22-47-33-40-29-21-43(16-12-26(29)32(41-33)44-15-5-7-24(20-44)11-13-38)31-27-19-39-45(23-46-17-18-48(2,3)4)30(27)10-9-28(31)34(35,36)37/h9-10,19,24-25H,5-8,11-12,14-18,20-23H2,1-4H3/t24?,25-/m0/s1. The number of likely N-dealkylation sites (N-methyl/N-ethyl adjacent to an activating group) is 1. The number of nitriles is 1. The van der Waals surface area contributed by atoms with Crippen LogP contribution in [-0.4, -0.2) is 85.2 Å². The Morgan fingerprint density at radius 3 is 2.60 bits per heavy atom. The first-order chi connectivity index (χ1) is 22.9. The lowest BCUT2D eigenvalue weighted by Crippen LogP contribution is -2.39. The van der Waals surface area contributed by atoms with Crippen molar-refractivity contribution in [3.63, 3.8) is 0 Å². The number of hydrogen-bond donors (Lipinski definition) is 0. The van der Waals surface area contributed by atoms with Crippen LogP contribution in [0.5, 0.6) is 6.01 Å². The fourth-order valence-electron chi connectivity index (χ4n) is 7.16. The van der Waals surface area contributed by atoms with Gasteiger partial charge in [-0.3, -0.25) is 0 Å². The van der Waals surface area contributed by atoms with Gasteiger partial charge >= 0.3 is 12.2 Å². The van der Waals surface area contributed by atoms with Crippen molar-refractivity contribution in [1.29, 1.82) is 5.26 Å². The molecule has 1 unspecified atom stereocenters. The molecular weight excluding hydrogens is 638 g/mol. The van der Waals surface area contributed by atoms with E-state index in [9.17, 15) is 18.4 Å². The van der Waals surface area contributed by atoms with Crippen molar-refractivity contribution in [1.82, 2.24) is 24.6 Å². The third-order valence-electron chi connectivity index (χ3n) is 9.93. The lowest BCUT2D eigenvalue weighted by molar-refractivity contribution is -0.137. The van der Waals surface area contributed by atoms with Gasteiger partial charge in [0.1, 0.15) is 19.2 Å². The zero-order chi connectivity index (χ0) is 34.1. The maximum atomic E-state index is 14.6. The van der Waals surface area contributed by atoms with Crippen molar-refractivity contribution in [2.75, 3.05) is 56.2 Å². The van der Waals surface area contributed by atoms with Crippen molar-refractivity contribution >= 4 is 30.5 Å². The number of piperidine rings is 1. The Labute approximate surface area is 281 Å². The van der Waals surface area contributed by atoms with Gasteiger partial charge in [-0.05, 0) is 69.8 Å². The highest BCUT2D eigenvalue weighted by atomic mass is 28.3. The molecule has 0 N–H and O–H groups in total. The van der Waals surface area contributed by atoms with Crippen LogP contribution in [0.25, 0.3) is 10.9 Å². The molecular formula is C34H47F3N8O2Si. The number of hydrogen-bond acceptors (Lipinski definition) is 9. The molecule has 2 atom stereocenters. The van der Waals surface area contributed by atoms with Crippen LogP contribution in [0.4, 0.5) is 24.7 Å². The third kappa shape index (κ3) is 7.73. The van der Waals surface area contributed by atoms with E-state index < -0.39 is 19.8 Å². The van der Waals surface area contributed by atoms with Crippen LogP contribution in [0.3, 0.4) is 0 Å². The Kier molecular flexibility index (Phi) is 10.2. The van der Waals surface area contributed by atoms with Crippen molar-refractivity contribution in [3.05, 3.63) is 35.2 Å². The lowest BCUT2D eigenvalue weighted by atomic mass is 9.94. The molecule has 5 heterocycles. The molecule has 3 aliphatic heterocycles. The summed E-state index contributed by atoms with van der Waals surface area (Å²) >= 11 is 0. The molecule has 2 saturated heterocycles. The first-order valence-electron chi connectivity index (χ1n) is 17.1. The summed E-state index contributed by atoms with van der Waals surface area (Å²) in [5.74, 6) is 1.03. The van der Waals surface area contributed by atoms with Crippen molar-refractivity contribution in [3.8, 4) is 12.1 Å². The number of likely N-dealkylation sites (tertiary alicyclic amines) is 1. The van der Waals surface area contributed by atoms with E-state index in [1.54, 1.807) is 9.58 Å². The number of fused-ring (bicyclic) bond motifs is 2. The van der Waals surface area contributed by atoms with Gasteiger partial charge in [-0.1, -0.05) is 19.6 Å². The molecule has 3 aliphatic rings. The number of benzene rings is 1. The fraction of sp³-hybridized carbons (Fsp3) is 0.647. The van der Waals surface area contributed by atoms with E-state index in [1.807, 2.05) is 0 Å². The van der Waals surface area contributed by atoms with Gasteiger partial charge in [-0.25, -0.2) is 4.68 Å². The predicted octanol–water partition coefficient (Wildman–Crippen LogP) is 6.32. The number of aromatic nitrogens is 4. The van der Waals surface area contributed by atoms with Crippen LogP contribution in [-0.2, 0) is 30.6 Å². The summed E-state index contributed by atoms with van der Waals surface area (Å²) in [7, 11) is 0.797. The zero-order valence-corrected chi connectivity index (χ0v) is 29.5. The second-order valence-electron chi connectivity index (χ2n) is 14.7. The normalized spacial score (nSPS) is 20.7. The summed E-state index contributed by atoms with van der Waals surface area (Å²) in [6.07, 6.45) is 2.02. The van der Waals surface area contributed by atoms with Crippen LogP contribution >= 0.6 is 0 Å². The number of halogens is 3. The monoisotopic (exact) mass is 684 g/mol. The molecule has 2 fully saturated rings. The average molecular weight is 685 g/mol. The minimum absolute atomic E-state index is 0.112. The third-order valence-corrected chi connectivity index (χ3v) is 11.6. The van der Waals surface area contributed by atoms with E-state index in [1.165, 1.54) is 12.3 Å². The minimum Gasteiger partial charge on any atom is -0.462 e. The fourth-order valence-corrected chi connectivity index (χ4v) is 7.92. The maximum Gasteiger partial charge on any atom is 0.418 e. The first kappa shape index (κ1) is 34.4. The molecule has 0 amide bonds. The van der Waals surface area contributed by atoms with Gasteiger partial charge in [-0.2, -0.15) is 33.5 Å². The number of alkyl halides is 3. The Bertz CT molecular complexity index is 1640. The average Bonchev–Trinajstić information content (AvgIpc) is 3.65. The van der Waals surface area contributed by atoms with E-state index in [-0.39, 0.29) is 36.9 Å². The summed E-state index contributed by atoms with van der Waals surface area (Å²) in [5.41, 5.74) is 1.64. The molecule has 0 aliphatic carbocycles. The molecule has 0 spiro atoms. The maximum absolute atomic E-state index is 14.6. The molecule has 48 heavy (non-hydrogen) atoms. The molecule has 260 valence electrons. The van der Waals surface area contributed by atoms with Gasteiger partial charge < -0.3 is 24.2 Å². The van der Waals surface area contributed by atoms with Crippen LogP contribution in [0.2, 0.25) is 25.7 Å². The quantitative estimate of drug-likeness (QED) is 0.170. The van der Waals surface area contributed by atoms with E-state index in [0.29, 0.717) is 55.7 Å². The molecule has 1 aromatic carbocycles. The van der Waals surface area contributed by atoms with E-state index in [4.69, 9.17) is 19.4 Å². The van der Waals surface area contributed by atoms with Crippen LogP contribution in [0.1, 0.15) is 48.9 Å². The molecule has 3 aromatic rings. The first-order valence-corrected chi connectivity index (χ1v) is 20.8. The number of nitrogens with zero attached hydrogens (tertiary/aromatic N) is 8. The predicted molar refractivity (Wildman–Crippen MR) is 182 cm³/mol. The highest BCUT2D eigenvalue weighted by Crippen LogP contribution is 2.43. The smallest absolute Gasteiger partial charge is 0.418 e. The Balaban J connectivity index is 1.33. The van der Waals surface area contributed by atoms with Gasteiger partial charge in [0.05, 0.1) is 41.3 Å². The molecule has 2 aromatic heterocycles. The summed E-state index contributed by atoms with van der Waals surface area (Å²) in [5, 5.41) is 14.3. The summed E-state index contributed by atoms with van der Waals surface area (Å²) in [6, 6.07) is 6.49. The molecule has 10 nitrogen and oxygen atoms in total. The van der Waals surface area contributed by atoms with Crippen molar-refractivity contribution in [2.45, 2.75) is 89.7 Å². The topological polar surface area (TPSA) is 95.6 Å². The van der Waals surface area contributed by atoms with Crippen molar-refractivity contribution in [2.24, 2.45) is 5.92 Å². The molecule has 0 bridgehead atoms. The summed E-state index contributed by atoms with van der Waals surface area (Å²) in [4.78, 5) is 16.0. The largest absolute Gasteiger partial charge is 0.462 e. The van der Waals surface area contributed by atoms with E-state index in [0.717, 1.165) is 62.3 Å². The van der Waals surface area contributed by atoms with Gasteiger partial charge in [0.15, 0.2) is 0 Å². The number of ether oxygens (including phenoxy) is 2. The van der Waals surface area contributed by atoms with Gasteiger partial charge in [0.2, 0.25) is 0 Å². The highest BCUT2D eigenvalue weighted by Gasteiger charge is 2.38. The number of anilines is 2. The molecule has 6 rings (SSSR count). The lowest BCUT2D eigenvalue weighted by Gasteiger charge is -2.37. The van der Waals surface area contributed by atoms with E-state index in [2.05, 4.69) is 47.7 Å². The Morgan fingerprint density at radius 2 is 1.88 bits per heavy atom. The minimum atomic E-state index is -4.55. The molecule has 0 radical (unpaired) electrons. The van der Waals surface area contributed by atoms with Gasteiger partial charge in [0, 0.05) is 57.7 Å². The van der Waals surface area contributed by atoms with Crippen molar-refractivity contribution < 1.29 is 22.6 Å². The van der Waals surface area contributed by atoms with E-state index >= 15 is 0 Å². The highest BCUT2D eigenvalue weighted by molar-refractivity contribution is 6.76. The molecule has 0 saturated carbocycles.